The fraction of sp³-hybridized carbons (Fsp3) is 0.160. The highest BCUT2D eigenvalue weighted by atomic mass is 79.9. The lowest BCUT2D eigenvalue weighted by atomic mass is 9.93. The van der Waals surface area contributed by atoms with Crippen molar-refractivity contribution in [2.45, 2.75) is 24.4 Å². The molecule has 4 rings (SSSR count). The van der Waals surface area contributed by atoms with Crippen LogP contribution in [-0.2, 0) is 11.3 Å². The summed E-state index contributed by atoms with van der Waals surface area (Å²) in [6, 6.07) is 23.6. The molecule has 3 aromatic rings. The maximum Gasteiger partial charge on any atom is 0.290 e. The van der Waals surface area contributed by atoms with E-state index in [0.717, 1.165) is 26.7 Å². The van der Waals surface area contributed by atoms with Crippen molar-refractivity contribution >= 4 is 39.2 Å². The summed E-state index contributed by atoms with van der Waals surface area (Å²) in [5, 5.41) is 10.9. The maximum atomic E-state index is 13.2. The van der Waals surface area contributed by atoms with E-state index in [2.05, 4.69) is 28.1 Å². The number of nitrogens with zero attached hydrogens (tertiary/aromatic N) is 1. The zero-order valence-electron chi connectivity index (χ0n) is 16.8. The Kier molecular flexibility index (Phi) is 6.02. The first-order chi connectivity index (χ1) is 14.5. The number of benzene rings is 3. The number of aliphatic hydroxyl groups excluding tert-OH is 1. The van der Waals surface area contributed by atoms with Gasteiger partial charge in [-0.25, -0.2) is 0 Å². The highest BCUT2D eigenvalue weighted by Crippen LogP contribution is 2.45. The van der Waals surface area contributed by atoms with Gasteiger partial charge in [-0.3, -0.25) is 4.79 Å². The molecule has 3 nitrogen and oxygen atoms in total. The summed E-state index contributed by atoms with van der Waals surface area (Å²) in [6.07, 6.45) is 2.04. The van der Waals surface area contributed by atoms with Gasteiger partial charge in [0.2, 0.25) is 0 Å². The average Bonchev–Trinajstić information content (AvgIpc) is 3.00. The Morgan fingerprint density at radius 1 is 1.00 bits per heavy atom. The van der Waals surface area contributed by atoms with Gasteiger partial charge in [0.15, 0.2) is 5.76 Å². The van der Waals surface area contributed by atoms with Crippen molar-refractivity contribution in [3.05, 3.63) is 105 Å². The Labute approximate surface area is 189 Å². The lowest BCUT2D eigenvalue weighted by Gasteiger charge is -2.28. The van der Waals surface area contributed by atoms with Gasteiger partial charge in [-0.1, -0.05) is 76.1 Å². The van der Waals surface area contributed by atoms with Gasteiger partial charge in [-0.05, 0) is 48.1 Å². The first-order valence-corrected chi connectivity index (χ1v) is 11.7. The van der Waals surface area contributed by atoms with E-state index in [4.69, 9.17) is 0 Å². The number of halogens is 1. The molecule has 152 valence electrons. The van der Waals surface area contributed by atoms with Crippen molar-refractivity contribution in [2.24, 2.45) is 0 Å². The number of thioether (sulfide) groups is 1. The van der Waals surface area contributed by atoms with E-state index in [1.807, 2.05) is 73.8 Å². The molecule has 0 saturated carbocycles. The Bertz CT molecular complexity index is 1110. The normalized spacial score (nSPS) is 16.4. The molecule has 1 amide bonds. The van der Waals surface area contributed by atoms with Crippen LogP contribution < -0.4 is 0 Å². The predicted octanol–water partition coefficient (Wildman–Crippen LogP) is 6.53. The summed E-state index contributed by atoms with van der Waals surface area (Å²) >= 11 is 5.33. The lowest BCUT2D eigenvalue weighted by molar-refractivity contribution is -0.130. The lowest BCUT2D eigenvalue weighted by Crippen LogP contribution is -2.30. The van der Waals surface area contributed by atoms with Crippen molar-refractivity contribution in [3.8, 4) is 0 Å². The standard InChI is InChI=1S/C25H22BrNO2S/c1-16-7-11-18(12-8-16)22-23(20-5-3-4-6-21(20)26)27(25(29)24(22)28)15-17-9-13-19(30-2)14-10-17/h3-14,23,28H,15H2,1-2H3. The quantitative estimate of drug-likeness (QED) is 0.422. The number of aliphatic hydroxyl groups is 1. The van der Waals surface area contributed by atoms with Gasteiger partial charge >= 0.3 is 0 Å². The van der Waals surface area contributed by atoms with E-state index in [1.165, 1.54) is 4.90 Å². The molecule has 30 heavy (non-hydrogen) atoms. The Hall–Kier alpha value is -2.50. The van der Waals surface area contributed by atoms with Crippen LogP contribution in [0.25, 0.3) is 5.57 Å². The Balaban J connectivity index is 1.80. The molecular formula is C25H22BrNO2S. The molecule has 0 aromatic heterocycles. The van der Waals surface area contributed by atoms with Crippen LogP contribution in [0.5, 0.6) is 0 Å². The fourth-order valence-electron chi connectivity index (χ4n) is 3.79. The monoisotopic (exact) mass is 479 g/mol. The van der Waals surface area contributed by atoms with Gasteiger partial charge in [0, 0.05) is 21.5 Å². The summed E-state index contributed by atoms with van der Waals surface area (Å²) in [6.45, 7) is 2.44. The summed E-state index contributed by atoms with van der Waals surface area (Å²) < 4.78 is 0.907. The van der Waals surface area contributed by atoms with Crippen molar-refractivity contribution in [3.63, 3.8) is 0 Å². The maximum absolute atomic E-state index is 13.2. The van der Waals surface area contributed by atoms with Gasteiger partial charge in [0.05, 0.1) is 6.04 Å². The van der Waals surface area contributed by atoms with Crippen LogP contribution in [0.1, 0.15) is 28.3 Å². The number of aryl methyl sites for hydroxylation is 1. The Morgan fingerprint density at radius 3 is 2.30 bits per heavy atom. The van der Waals surface area contributed by atoms with Crippen LogP contribution in [-0.4, -0.2) is 22.2 Å². The predicted molar refractivity (Wildman–Crippen MR) is 126 cm³/mol. The van der Waals surface area contributed by atoms with E-state index in [1.54, 1.807) is 16.7 Å². The van der Waals surface area contributed by atoms with Crippen molar-refractivity contribution in [1.82, 2.24) is 4.90 Å². The molecule has 1 aliphatic rings. The second-order valence-corrected chi connectivity index (χ2v) is 9.07. The fourth-order valence-corrected chi connectivity index (χ4v) is 4.70. The molecule has 1 aliphatic heterocycles. The van der Waals surface area contributed by atoms with Gasteiger partial charge in [0.1, 0.15) is 0 Å². The average molecular weight is 480 g/mol. The molecule has 0 aliphatic carbocycles. The van der Waals surface area contributed by atoms with E-state index >= 15 is 0 Å². The summed E-state index contributed by atoms with van der Waals surface area (Å²) in [4.78, 5) is 16.1. The van der Waals surface area contributed by atoms with E-state index < -0.39 is 0 Å². The first-order valence-electron chi connectivity index (χ1n) is 9.68. The molecule has 1 unspecified atom stereocenters. The second-order valence-electron chi connectivity index (χ2n) is 7.33. The van der Waals surface area contributed by atoms with Crippen LogP contribution in [0.15, 0.2) is 87.9 Å². The highest BCUT2D eigenvalue weighted by Gasteiger charge is 2.41. The SMILES string of the molecule is CSc1ccc(CN2C(=O)C(O)=C(c3ccc(C)cc3)C2c2ccccc2Br)cc1. The molecule has 1 heterocycles. The third-order valence-electron chi connectivity index (χ3n) is 5.38. The van der Waals surface area contributed by atoms with Crippen LogP contribution in [0.2, 0.25) is 0 Å². The second kappa shape index (κ2) is 8.70. The minimum atomic E-state index is -0.379. The minimum absolute atomic E-state index is 0.180. The molecule has 0 saturated heterocycles. The number of carbonyl (C=O) groups excluding carboxylic acids is 1. The molecule has 0 bridgehead atoms. The van der Waals surface area contributed by atoms with Crippen LogP contribution >= 0.6 is 27.7 Å². The van der Waals surface area contributed by atoms with Crippen molar-refractivity contribution < 1.29 is 9.90 Å². The minimum Gasteiger partial charge on any atom is -0.503 e. The topological polar surface area (TPSA) is 40.5 Å². The number of hydrogen-bond donors (Lipinski definition) is 1. The largest absolute Gasteiger partial charge is 0.503 e. The molecule has 0 spiro atoms. The van der Waals surface area contributed by atoms with Gasteiger partial charge in [-0.2, -0.15) is 0 Å². The van der Waals surface area contributed by atoms with Crippen molar-refractivity contribution in [1.29, 1.82) is 0 Å². The smallest absolute Gasteiger partial charge is 0.290 e. The summed E-state index contributed by atoms with van der Waals surface area (Å²) in [5.74, 6) is -0.527. The molecule has 0 radical (unpaired) electrons. The van der Waals surface area contributed by atoms with Gasteiger partial charge in [-0.15, -0.1) is 11.8 Å². The third kappa shape index (κ3) is 3.92. The van der Waals surface area contributed by atoms with Crippen molar-refractivity contribution in [2.75, 3.05) is 6.26 Å². The molecule has 5 heteroatoms. The number of amides is 1. The van der Waals surface area contributed by atoms with E-state index in [0.29, 0.717) is 12.1 Å². The van der Waals surface area contributed by atoms with Gasteiger partial charge < -0.3 is 10.0 Å². The number of rotatable bonds is 5. The molecular weight excluding hydrogens is 458 g/mol. The molecule has 3 aromatic carbocycles. The summed E-state index contributed by atoms with van der Waals surface area (Å²) in [5.41, 5.74) is 4.61. The van der Waals surface area contributed by atoms with Crippen LogP contribution in [0.3, 0.4) is 0 Å². The van der Waals surface area contributed by atoms with Gasteiger partial charge in [0.25, 0.3) is 5.91 Å². The Morgan fingerprint density at radius 2 is 1.67 bits per heavy atom. The van der Waals surface area contributed by atoms with Crippen LogP contribution in [0, 0.1) is 6.92 Å². The van der Waals surface area contributed by atoms with Crippen LogP contribution in [0.4, 0.5) is 0 Å². The molecule has 1 N–H and O–H groups in total. The first kappa shape index (κ1) is 20.8. The zero-order valence-corrected chi connectivity index (χ0v) is 19.2. The number of carbonyl (C=O) groups is 1. The highest BCUT2D eigenvalue weighted by molar-refractivity contribution is 9.10. The molecule has 0 fully saturated rings. The zero-order chi connectivity index (χ0) is 21.3. The summed E-state index contributed by atoms with van der Waals surface area (Å²) in [7, 11) is 0. The molecule has 1 atom stereocenters. The van der Waals surface area contributed by atoms with E-state index in [9.17, 15) is 9.90 Å². The third-order valence-corrected chi connectivity index (χ3v) is 6.84. The number of hydrogen-bond acceptors (Lipinski definition) is 3. The van der Waals surface area contributed by atoms with E-state index in [-0.39, 0.29) is 17.7 Å².